The molecule has 1 aliphatic heterocycles. The minimum atomic E-state index is -2.88. The van der Waals surface area contributed by atoms with Crippen molar-refractivity contribution in [2.45, 2.75) is 46.2 Å². The Bertz CT molecular complexity index is 657. The molecule has 2 heterocycles. The second-order valence-corrected chi connectivity index (χ2v) is 8.24. The SMILES string of the molecule is CCNC(=NCCCn1nc(C)cc1C)NC1CCS(=O)(=O)C1.I. The van der Waals surface area contributed by atoms with Crippen LogP contribution in [0, 0.1) is 13.8 Å². The quantitative estimate of drug-likeness (QED) is 0.284. The molecule has 7 nitrogen and oxygen atoms in total. The van der Waals surface area contributed by atoms with Crippen molar-refractivity contribution in [2.24, 2.45) is 4.99 Å². The molecule has 1 aromatic rings. The zero-order chi connectivity index (χ0) is 16.9. The van der Waals surface area contributed by atoms with Crippen LogP contribution in [-0.2, 0) is 16.4 Å². The molecule has 2 rings (SSSR count). The highest BCUT2D eigenvalue weighted by molar-refractivity contribution is 14.0. The summed E-state index contributed by atoms with van der Waals surface area (Å²) in [7, 11) is -2.88. The van der Waals surface area contributed by atoms with Gasteiger partial charge < -0.3 is 10.6 Å². The first kappa shape index (κ1) is 21.2. The molecule has 9 heteroatoms. The average molecular weight is 469 g/mol. The lowest BCUT2D eigenvalue weighted by molar-refractivity contribution is 0.565. The van der Waals surface area contributed by atoms with Crippen molar-refractivity contribution in [3.8, 4) is 0 Å². The number of nitrogens with one attached hydrogen (secondary N) is 2. The normalized spacial score (nSPS) is 19.8. The number of aromatic nitrogens is 2. The molecule has 0 spiro atoms. The van der Waals surface area contributed by atoms with Gasteiger partial charge >= 0.3 is 0 Å². The summed E-state index contributed by atoms with van der Waals surface area (Å²) in [5.41, 5.74) is 2.19. The van der Waals surface area contributed by atoms with Crippen LogP contribution >= 0.6 is 24.0 Å². The summed E-state index contributed by atoms with van der Waals surface area (Å²) in [6, 6.07) is 2.03. The third kappa shape index (κ3) is 6.58. The van der Waals surface area contributed by atoms with E-state index in [0.717, 1.165) is 30.9 Å². The van der Waals surface area contributed by atoms with E-state index in [1.807, 2.05) is 18.5 Å². The topological polar surface area (TPSA) is 88.4 Å². The molecular weight excluding hydrogens is 441 g/mol. The van der Waals surface area contributed by atoms with Gasteiger partial charge in [-0.3, -0.25) is 9.67 Å². The number of sulfone groups is 1. The Morgan fingerprint density at radius 2 is 2.21 bits per heavy atom. The van der Waals surface area contributed by atoms with Gasteiger partial charge in [0.05, 0.1) is 17.2 Å². The number of rotatable bonds is 6. The monoisotopic (exact) mass is 469 g/mol. The van der Waals surface area contributed by atoms with Crippen LogP contribution in [0.5, 0.6) is 0 Å². The molecule has 0 aromatic carbocycles. The minimum absolute atomic E-state index is 0. The Balaban J connectivity index is 0.00000288. The molecule has 0 aliphatic carbocycles. The smallest absolute Gasteiger partial charge is 0.191 e. The van der Waals surface area contributed by atoms with Gasteiger partial charge in [-0.1, -0.05) is 0 Å². The van der Waals surface area contributed by atoms with E-state index >= 15 is 0 Å². The van der Waals surface area contributed by atoms with Crippen molar-refractivity contribution in [1.82, 2.24) is 20.4 Å². The standard InChI is InChI=1S/C15H27N5O2S.HI/c1-4-16-15(18-14-6-9-23(21,22)11-14)17-7-5-8-20-13(3)10-12(2)19-20;/h10,14H,4-9,11H2,1-3H3,(H2,16,17,18);1H. The third-order valence-electron chi connectivity index (χ3n) is 3.82. The summed E-state index contributed by atoms with van der Waals surface area (Å²) in [4.78, 5) is 4.53. The second kappa shape index (κ2) is 9.59. The van der Waals surface area contributed by atoms with E-state index in [1.165, 1.54) is 0 Å². The maximum Gasteiger partial charge on any atom is 0.191 e. The molecule has 1 fully saturated rings. The molecule has 0 amide bonds. The number of aryl methyl sites for hydroxylation is 3. The predicted octanol–water partition coefficient (Wildman–Crippen LogP) is 1.25. The first-order valence-electron chi connectivity index (χ1n) is 8.16. The number of nitrogens with zero attached hydrogens (tertiary/aromatic N) is 3. The van der Waals surface area contributed by atoms with Gasteiger partial charge in [-0.2, -0.15) is 5.10 Å². The molecule has 1 atom stereocenters. The fraction of sp³-hybridized carbons (Fsp3) is 0.733. The number of hydrogen-bond donors (Lipinski definition) is 2. The molecule has 0 bridgehead atoms. The van der Waals surface area contributed by atoms with Crippen molar-refractivity contribution in [3.63, 3.8) is 0 Å². The zero-order valence-corrected chi connectivity index (χ0v) is 17.7. The summed E-state index contributed by atoms with van der Waals surface area (Å²) in [6.45, 7) is 8.30. The molecule has 1 unspecified atom stereocenters. The van der Waals surface area contributed by atoms with Gasteiger partial charge in [0.1, 0.15) is 0 Å². The summed E-state index contributed by atoms with van der Waals surface area (Å²) >= 11 is 0. The van der Waals surface area contributed by atoms with Gasteiger partial charge in [-0.05, 0) is 39.7 Å². The molecule has 1 saturated heterocycles. The van der Waals surface area contributed by atoms with Crippen LogP contribution in [0.4, 0.5) is 0 Å². The van der Waals surface area contributed by atoms with Crippen molar-refractivity contribution in [1.29, 1.82) is 0 Å². The van der Waals surface area contributed by atoms with Crippen LogP contribution in [0.25, 0.3) is 0 Å². The van der Waals surface area contributed by atoms with E-state index in [-0.39, 0.29) is 41.5 Å². The van der Waals surface area contributed by atoms with Crippen molar-refractivity contribution < 1.29 is 8.42 Å². The van der Waals surface area contributed by atoms with Gasteiger partial charge in [0.25, 0.3) is 0 Å². The molecule has 1 aromatic heterocycles. The van der Waals surface area contributed by atoms with Crippen LogP contribution < -0.4 is 10.6 Å². The maximum atomic E-state index is 11.5. The van der Waals surface area contributed by atoms with Crippen LogP contribution in [0.1, 0.15) is 31.2 Å². The highest BCUT2D eigenvalue weighted by Crippen LogP contribution is 2.11. The molecular formula is C15H28IN5O2S. The average Bonchev–Trinajstić information content (AvgIpc) is 2.96. The lowest BCUT2D eigenvalue weighted by Crippen LogP contribution is -2.44. The Morgan fingerprint density at radius 3 is 2.75 bits per heavy atom. The van der Waals surface area contributed by atoms with Gasteiger partial charge in [0.15, 0.2) is 15.8 Å². The summed E-state index contributed by atoms with van der Waals surface area (Å²) in [6.07, 6.45) is 1.54. The van der Waals surface area contributed by atoms with Crippen LogP contribution in [0.15, 0.2) is 11.1 Å². The van der Waals surface area contributed by atoms with Crippen molar-refractivity contribution >= 4 is 39.8 Å². The highest BCUT2D eigenvalue weighted by Gasteiger charge is 2.28. The van der Waals surface area contributed by atoms with Crippen molar-refractivity contribution in [3.05, 3.63) is 17.5 Å². The van der Waals surface area contributed by atoms with E-state index < -0.39 is 9.84 Å². The molecule has 138 valence electrons. The van der Waals surface area contributed by atoms with E-state index in [4.69, 9.17) is 0 Å². The molecule has 1 aliphatic rings. The number of guanidine groups is 1. The third-order valence-corrected chi connectivity index (χ3v) is 5.59. The molecule has 0 saturated carbocycles. The molecule has 2 N–H and O–H groups in total. The number of hydrogen-bond acceptors (Lipinski definition) is 4. The van der Waals surface area contributed by atoms with Crippen molar-refractivity contribution in [2.75, 3.05) is 24.6 Å². The first-order valence-corrected chi connectivity index (χ1v) is 9.98. The zero-order valence-electron chi connectivity index (χ0n) is 14.6. The Kier molecular flexibility index (Phi) is 8.48. The van der Waals surface area contributed by atoms with Crippen LogP contribution in [0.3, 0.4) is 0 Å². The predicted molar refractivity (Wildman–Crippen MR) is 108 cm³/mol. The van der Waals surface area contributed by atoms with Gasteiger partial charge in [0, 0.05) is 31.4 Å². The lowest BCUT2D eigenvalue weighted by atomic mass is 10.3. The molecule has 0 radical (unpaired) electrons. The Labute approximate surface area is 161 Å². The van der Waals surface area contributed by atoms with Gasteiger partial charge in [-0.25, -0.2) is 8.42 Å². The second-order valence-electron chi connectivity index (χ2n) is 6.01. The number of halogens is 1. The van der Waals surface area contributed by atoms with Crippen LogP contribution in [0.2, 0.25) is 0 Å². The highest BCUT2D eigenvalue weighted by atomic mass is 127. The van der Waals surface area contributed by atoms with E-state index in [2.05, 4.69) is 33.7 Å². The minimum Gasteiger partial charge on any atom is -0.357 e. The summed E-state index contributed by atoms with van der Waals surface area (Å²) in [5.74, 6) is 1.16. The van der Waals surface area contributed by atoms with Gasteiger partial charge in [0.2, 0.25) is 0 Å². The fourth-order valence-corrected chi connectivity index (χ4v) is 4.41. The maximum absolute atomic E-state index is 11.5. The summed E-state index contributed by atoms with van der Waals surface area (Å²) in [5, 5.41) is 10.8. The van der Waals surface area contributed by atoms with E-state index in [0.29, 0.717) is 18.9 Å². The van der Waals surface area contributed by atoms with E-state index in [1.54, 1.807) is 0 Å². The largest absolute Gasteiger partial charge is 0.357 e. The fourth-order valence-electron chi connectivity index (χ4n) is 2.73. The van der Waals surface area contributed by atoms with Crippen LogP contribution in [-0.4, -0.2) is 54.8 Å². The van der Waals surface area contributed by atoms with E-state index in [9.17, 15) is 8.42 Å². The number of aliphatic imine (C=N–C) groups is 1. The van der Waals surface area contributed by atoms with Gasteiger partial charge in [-0.15, -0.1) is 24.0 Å². The molecule has 24 heavy (non-hydrogen) atoms. The summed E-state index contributed by atoms with van der Waals surface area (Å²) < 4.78 is 25.0. The Hall–Kier alpha value is -0.840. The Morgan fingerprint density at radius 1 is 1.46 bits per heavy atom. The lowest BCUT2D eigenvalue weighted by Gasteiger charge is -2.15. The first-order chi connectivity index (χ1) is 10.9.